The lowest BCUT2D eigenvalue weighted by Crippen LogP contribution is -2.49. The van der Waals surface area contributed by atoms with E-state index >= 15 is 0 Å². The summed E-state index contributed by atoms with van der Waals surface area (Å²) >= 11 is 0. The predicted molar refractivity (Wildman–Crippen MR) is 139 cm³/mol. The van der Waals surface area contributed by atoms with E-state index < -0.39 is 22.0 Å². The number of benzene rings is 2. The summed E-state index contributed by atoms with van der Waals surface area (Å²) in [7, 11) is -2.48. The van der Waals surface area contributed by atoms with E-state index in [9.17, 15) is 18.4 Å². The van der Waals surface area contributed by atoms with E-state index in [-0.39, 0.29) is 17.2 Å². The Morgan fingerprint density at radius 2 is 1.82 bits per heavy atom. The molecule has 0 radical (unpaired) electrons. The Labute approximate surface area is 222 Å². The molecule has 1 amide bonds. The van der Waals surface area contributed by atoms with Crippen LogP contribution < -0.4 is 20.3 Å². The van der Waals surface area contributed by atoms with Crippen LogP contribution in [0.25, 0.3) is 0 Å². The zero-order valence-corrected chi connectivity index (χ0v) is 21.9. The first-order valence-electron chi connectivity index (χ1n) is 12.1. The van der Waals surface area contributed by atoms with Gasteiger partial charge in [-0.15, -0.1) is 4.99 Å². The molecule has 2 aromatic carbocycles. The number of nitriles is 1. The number of likely N-dealkylation sites (tertiary alicyclic amines) is 1. The summed E-state index contributed by atoms with van der Waals surface area (Å²) in [4.78, 5) is 18.1. The number of hydrogen-bond acceptors (Lipinski definition) is 8. The van der Waals surface area contributed by atoms with E-state index in [1.54, 1.807) is 30.9 Å². The van der Waals surface area contributed by atoms with Gasteiger partial charge in [-0.3, -0.25) is 10.0 Å². The first kappa shape index (κ1) is 28.9. The van der Waals surface area contributed by atoms with Gasteiger partial charge in [0, 0.05) is 26.7 Å². The van der Waals surface area contributed by atoms with Crippen LogP contribution in [0, 0.1) is 17.4 Å². The summed E-state index contributed by atoms with van der Waals surface area (Å²) in [5, 5.41) is 21.3. The number of aliphatic imine (C=N–C) groups is 1. The van der Waals surface area contributed by atoms with Crippen molar-refractivity contribution in [3.63, 3.8) is 0 Å². The fraction of sp³-hybridized carbons (Fsp3) is 0.400. The Morgan fingerprint density at radius 1 is 1.16 bits per heavy atom. The molecular formula is C25H32N6O6S. The molecule has 0 bridgehead atoms. The first-order valence-corrected chi connectivity index (χ1v) is 13.6. The van der Waals surface area contributed by atoms with Crippen molar-refractivity contribution in [2.24, 2.45) is 10.9 Å². The van der Waals surface area contributed by atoms with Crippen LogP contribution in [-0.2, 0) is 19.6 Å². The lowest BCUT2D eigenvalue weighted by molar-refractivity contribution is -0.131. The maximum absolute atomic E-state index is 13.0. The highest BCUT2D eigenvalue weighted by molar-refractivity contribution is 7.89. The van der Waals surface area contributed by atoms with E-state index in [4.69, 9.17) is 14.7 Å². The molecule has 1 atom stereocenters. The molecule has 204 valence electrons. The predicted octanol–water partition coefficient (Wildman–Crippen LogP) is 1.81. The number of carbonyl (C=O) groups excluding carboxylic acids is 1. The van der Waals surface area contributed by atoms with Crippen LogP contribution in [0.2, 0.25) is 0 Å². The number of nitrogens with one attached hydrogen (secondary N) is 3. The van der Waals surface area contributed by atoms with Gasteiger partial charge in [-0.2, -0.15) is 9.98 Å². The molecule has 1 aliphatic heterocycles. The monoisotopic (exact) mass is 544 g/mol. The van der Waals surface area contributed by atoms with Crippen LogP contribution in [0.5, 0.6) is 11.5 Å². The number of guanidine groups is 1. The number of para-hydroxylation sites is 1. The molecule has 0 aromatic heterocycles. The fourth-order valence-corrected chi connectivity index (χ4v) is 5.31. The van der Waals surface area contributed by atoms with Gasteiger partial charge in [-0.25, -0.2) is 13.9 Å². The van der Waals surface area contributed by atoms with Gasteiger partial charge in [0.2, 0.25) is 22.2 Å². The van der Waals surface area contributed by atoms with Gasteiger partial charge < -0.3 is 19.7 Å². The van der Waals surface area contributed by atoms with E-state index in [0.717, 1.165) is 0 Å². The van der Waals surface area contributed by atoms with Gasteiger partial charge in [0.05, 0.1) is 11.5 Å². The van der Waals surface area contributed by atoms with Crippen molar-refractivity contribution in [3.05, 3.63) is 54.6 Å². The molecule has 1 heterocycles. The molecule has 1 saturated heterocycles. The lowest BCUT2D eigenvalue weighted by atomic mass is 9.90. The van der Waals surface area contributed by atoms with E-state index in [2.05, 4.69) is 15.0 Å². The van der Waals surface area contributed by atoms with E-state index in [0.29, 0.717) is 56.5 Å². The van der Waals surface area contributed by atoms with Crippen molar-refractivity contribution in [2.75, 3.05) is 33.4 Å². The minimum atomic E-state index is -4.06. The average Bonchev–Trinajstić information content (AvgIpc) is 2.93. The second-order valence-electron chi connectivity index (χ2n) is 8.66. The lowest BCUT2D eigenvalue weighted by Gasteiger charge is -2.35. The van der Waals surface area contributed by atoms with Crippen molar-refractivity contribution in [1.29, 1.82) is 5.26 Å². The number of nitrogens with zero attached hydrogens (tertiary/aromatic N) is 3. The number of amides is 1. The Morgan fingerprint density at radius 3 is 2.42 bits per heavy atom. The summed E-state index contributed by atoms with van der Waals surface area (Å²) in [6, 6.07) is 13.7. The van der Waals surface area contributed by atoms with E-state index in [1.165, 1.54) is 24.3 Å². The summed E-state index contributed by atoms with van der Waals surface area (Å²) in [5.74, 6) is 0.688. The summed E-state index contributed by atoms with van der Waals surface area (Å²) in [5.41, 5.74) is 1.56. The quantitative estimate of drug-likeness (QED) is 0.0824. The zero-order valence-electron chi connectivity index (χ0n) is 21.0. The Kier molecular flexibility index (Phi) is 10.9. The molecule has 3 rings (SSSR count). The highest BCUT2D eigenvalue weighted by Crippen LogP contribution is 2.25. The molecule has 1 aliphatic rings. The summed E-state index contributed by atoms with van der Waals surface area (Å²) in [6.45, 7) is 2.08. The Bertz CT molecular complexity index is 1210. The molecule has 2 aromatic rings. The van der Waals surface area contributed by atoms with Gasteiger partial charge in [-0.1, -0.05) is 18.2 Å². The van der Waals surface area contributed by atoms with Crippen LogP contribution in [-0.4, -0.2) is 69.8 Å². The summed E-state index contributed by atoms with van der Waals surface area (Å²) in [6.07, 6.45) is 3.26. The van der Waals surface area contributed by atoms with Crippen molar-refractivity contribution >= 4 is 21.9 Å². The van der Waals surface area contributed by atoms with Gasteiger partial charge in [0.25, 0.3) is 5.91 Å². The standard InChI is InChI=1S/C25H32N6O6S/c1-36-16-13-27-25(28-18-26)31-14-11-19(12-15-31)17-23(24(32)29-33)30-38(34,35)22-9-7-21(8-10-22)37-20-5-3-2-4-6-20/h2-10,19,23,30,33H,11-17H2,1H3,(H,27,28)(H,29,32)/t23-/m0/s1. The average molecular weight is 545 g/mol. The largest absolute Gasteiger partial charge is 0.457 e. The third kappa shape index (κ3) is 8.42. The van der Waals surface area contributed by atoms with Gasteiger partial charge in [0.1, 0.15) is 17.5 Å². The topological polar surface area (TPSA) is 165 Å². The molecule has 0 unspecified atom stereocenters. The number of hydroxylamine groups is 1. The van der Waals surface area contributed by atoms with Crippen molar-refractivity contribution in [1.82, 2.24) is 20.4 Å². The zero-order chi connectivity index (χ0) is 27.4. The molecule has 12 nitrogen and oxygen atoms in total. The number of piperidine rings is 1. The summed E-state index contributed by atoms with van der Waals surface area (Å²) < 4.78 is 39.2. The second kappa shape index (κ2) is 14.3. The molecular weight excluding hydrogens is 512 g/mol. The third-order valence-electron chi connectivity index (χ3n) is 6.07. The molecule has 1 fully saturated rings. The SMILES string of the molecule is COCCN/C(=N/C#N)N1CCC(C[C@H](NS(=O)(=O)c2ccc(Oc3ccccc3)cc2)C(=O)NO)CC1. The molecule has 38 heavy (non-hydrogen) atoms. The maximum atomic E-state index is 13.0. The number of sulfonamides is 1. The highest BCUT2D eigenvalue weighted by atomic mass is 32.2. The number of carbonyl (C=O) groups is 1. The Balaban J connectivity index is 1.61. The minimum absolute atomic E-state index is 0.000194. The highest BCUT2D eigenvalue weighted by Gasteiger charge is 2.31. The molecule has 0 saturated carbocycles. The van der Waals surface area contributed by atoms with Crippen LogP contribution in [0.15, 0.2) is 64.5 Å². The smallest absolute Gasteiger partial charge is 0.261 e. The number of hydrogen-bond donors (Lipinski definition) is 4. The van der Waals surface area contributed by atoms with Crippen molar-refractivity contribution < 1.29 is 27.9 Å². The van der Waals surface area contributed by atoms with Crippen LogP contribution in [0.4, 0.5) is 0 Å². The third-order valence-corrected chi connectivity index (χ3v) is 7.55. The molecule has 0 spiro atoms. The van der Waals surface area contributed by atoms with Gasteiger partial charge in [0.15, 0.2) is 0 Å². The number of ether oxygens (including phenoxy) is 2. The maximum Gasteiger partial charge on any atom is 0.261 e. The van der Waals surface area contributed by atoms with Crippen LogP contribution in [0.1, 0.15) is 19.3 Å². The number of rotatable bonds is 11. The van der Waals surface area contributed by atoms with Gasteiger partial charge in [-0.05, 0) is 61.6 Å². The number of methoxy groups -OCH3 is 1. The Hall–Kier alpha value is -3.70. The van der Waals surface area contributed by atoms with Crippen molar-refractivity contribution in [3.8, 4) is 17.7 Å². The van der Waals surface area contributed by atoms with Crippen molar-refractivity contribution in [2.45, 2.75) is 30.2 Å². The first-order chi connectivity index (χ1) is 18.4. The van der Waals surface area contributed by atoms with Gasteiger partial charge >= 0.3 is 0 Å². The molecule has 4 N–H and O–H groups in total. The second-order valence-corrected chi connectivity index (χ2v) is 10.4. The molecule has 0 aliphatic carbocycles. The fourth-order valence-electron chi connectivity index (χ4n) is 4.10. The van der Waals surface area contributed by atoms with E-state index in [1.807, 2.05) is 23.1 Å². The molecule has 13 heteroatoms. The van der Waals surface area contributed by atoms with Crippen LogP contribution >= 0.6 is 0 Å². The normalized spacial score (nSPS) is 15.4. The van der Waals surface area contributed by atoms with Crippen LogP contribution in [0.3, 0.4) is 0 Å². The minimum Gasteiger partial charge on any atom is -0.457 e.